The molecule has 2 aliphatic carbocycles. The summed E-state index contributed by atoms with van der Waals surface area (Å²) in [6.07, 6.45) is 6.92. The average Bonchev–Trinajstić information content (AvgIpc) is 3.65. The molecule has 4 aromatic rings. The summed E-state index contributed by atoms with van der Waals surface area (Å²) in [5, 5.41) is 13.2. The van der Waals surface area contributed by atoms with Crippen LogP contribution in [0.15, 0.2) is 83.5 Å². The van der Waals surface area contributed by atoms with Crippen LogP contribution in [0, 0.1) is 11.8 Å². The molecule has 5 heteroatoms. The third kappa shape index (κ3) is 3.70. The lowest BCUT2D eigenvalue weighted by Crippen LogP contribution is -2.33. The number of hydrogen-bond donors (Lipinski definition) is 1. The number of benzene rings is 2. The smallest absolute Gasteiger partial charge is 0.167 e. The fourth-order valence-electron chi connectivity index (χ4n) is 6.15. The molecule has 0 amide bonds. The zero-order valence-electron chi connectivity index (χ0n) is 19.1. The molecule has 0 saturated heterocycles. The largest absolute Gasteiger partial charge is 0.487 e. The van der Waals surface area contributed by atoms with Crippen molar-refractivity contribution in [2.45, 2.75) is 44.3 Å². The van der Waals surface area contributed by atoms with Crippen LogP contribution in [-0.2, 0) is 18.6 Å². The molecule has 2 aromatic heterocycles. The fourth-order valence-corrected chi connectivity index (χ4v) is 6.15. The molecule has 2 aliphatic rings. The molecule has 172 valence electrons. The predicted octanol–water partition coefficient (Wildman–Crippen LogP) is 5.91. The summed E-state index contributed by atoms with van der Waals surface area (Å²) in [4.78, 5) is 4.34. The Morgan fingerprint density at radius 3 is 2.35 bits per heavy atom. The molecule has 34 heavy (non-hydrogen) atoms. The quantitative estimate of drug-likeness (QED) is 0.377. The van der Waals surface area contributed by atoms with Crippen molar-refractivity contribution in [3.63, 3.8) is 0 Å². The summed E-state index contributed by atoms with van der Waals surface area (Å²) < 4.78 is 11.4. The Morgan fingerprint density at radius 1 is 0.941 bits per heavy atom. The van der Waals surface area contributed by atoms with E-state index in [1.165, 1.54) is 36.8 Å². The molecule has 6 rings (SSSR count). The Kier molecular flexibility index (Phi) is 5.42. The zero-order valence-corrected chi connectivity index (χ0v) is 19.1. The molecule has 0 aliphatic heterocycles. The summed E-state index contributed by atoms with van der Waals surface area (Å²) in [6.45, 7) is 0.354. The second-order valence-corrected chi connectivity index (χ2v) is 9.60. The van der Waals surface area contributed by atoms with Crippen molar-refractivity contribution < 1.29 is 14.4 Å². The lowest BCUT2D eigenvalue weighted by Gasteiger charge is -2.39. The molecule has 0 radical (unpaired) electrons. The van der Waals surface area contributed by atoms with Gasteiger partial charge in [-0.2, -0.15) is 0 Å². The minimum atomic E-state index is -0.116. The first-order valence-corrected chi connectivity index (χ1v) is 12.1. The van der Waals surface area contributed by atoms with Gasteiger partial charge in [0.2, 0.25) is 0 Å². The van der Waals surface area contributed by atoms with Crippen LogP contribution < -0.4 is 4.74 Å². The van der Waals surface area contributed by atoms with Gasteiger partial charge in [0.15, 0.2) is 5.76 Å². The van der Waals surface area contributed by atoms with Crippen LogP contribution in [-0.4, -0.2) is 15.2 Å². The summed E-state index contributed by atoms with van der Waals surface area (Å²) >= 11 is 0. The van der Waals surface area contributed by atoms with Gasteiger partial charge in [-0.25, -0.2) is 0 Å². The van der Waals surface area contributed by atoms with Gasteiger partial charge in [-0.1, -0.05) is 54.0 Å². The Hall–Kier alpha value is -3.44. The van der Waals surface area contributed by atoms with Crippen molar-refractivity contribution >= 4 is 0 Å². The van der Waals surface area contributed by atoms with Crippen LogP contribution in [0.2, 0.25) is 0 Å². The van der Waals surface area contributed by atoms with Crippen molar-refractivity contribution in [3.05, 3.63) is 102 Å². The maximum atomic E-state index is 9.28. The lowest BCUT2D eigenvalue weighted by atomic mass is 9.64. The number of pyridine rings is 1. The molecule has 5 nitrogen and oxygen atoms in total. The van der Waals surface area contributed by atoms with Gasteiger partial charge in [0, 0.05) is 23.2 Å². The number of hydrogen-bond acceptors (Lipinski definition) is 5. The van der Waals surface area contributed by atoms with Crippen LogP contribution in [0.5, 0.6) is 5.75 Å². The minimum absolute atomic E-state index is 0.0403. The second-order valence-electron chi connectivity index (χ2n) is 9.60. The van der Waals surface area contributed by atoms with Crippen molar-refractivity contribution in [2.24, 2.45) is 11.8 Å². The third-order valence-electron chi connectivity index (χ3n) is 7.74. The standard InChI is InChI=1S/C29H28N2O3/c32-18-26-16-28(34-31-26)21-5-8-22(9-6-21)29(17-20-4-7-24(29)15-20)23-10-12-27(13-11-23)33-19-25-3-1-2-14-30-25/h1-3,5-6,8-14,16,20,24,32H,4,7,15,17-19H2/t20?,24?,29-/m0/s1. The van der Waals surface area contributed by atoms with Gasteiger partial charge < -0.3 is 14.4 Å². The van der Waals surface area contributed by atoms with E-state index >= 15 is 0 Å². The van der Waals surface area contributed by atoms with E-state index in [4.69, 9.17) is 9.26 Å². The molecule has 2 fully saturated rings. The van der Waals surface area contributed by atoms with Crippen LogP contribution in [0.1, 0.15) is 48.2 Å². The molecule has 3 atom stereocenters. The van der Waals surface area contributed by atoms with Crippen molar-refractivity contribution in [1.29, 1.82) is 0 Å². The summed E-state index contributed by atoms with van der Waals surface area (Å²) in [5.41, 5.74) is 5.24. The molecular formula is C29H28N2O3. The van der Waals surface area contributed by atoms with Gasteiger partial charge in [-0.15, -0.1) is 0 Å². The number of nitrogens with zero attached hydrogens (tertiary/aromatic N) is 2. The third-order valence-corrected chi connectivity index (χ3v) is 7.74. The van der Waals surface area contributed by atoms with Gasteiger partial charge in [-0.3, -0.25) is 4.98 Å². The second kappa shape index (κ2) is 8.73. The molecule has 1 N–H and O–H groups in total. The molecule has 2 saturated carbocycles. The van der Waals surface area contributed by atoms with Gasteiger partial charge >= 0.3 is 0 Å². The Bertz CT molecular complexity index is 1250. The number of fused-ring (bicyclic) bond motifs is 2. The van der Waals surface area contributed by atoms with Crippen LogP contribution in [0.4, 0.5) is 0 Å². The van der Waals surface area contributed by atoms with Crippen LogP contribution in [0.25, 0.3) is 11.3 Å². The van der Waals surface area contributed by atoms with Crippen molar-refractivity contribution in [2.75, 3.05) is 0 Å². The van der Waals surface area contributed by atoms with Crippen molar-refractivity contribution in [3.8, 4) is 17.1 Å². The number of aliphatic hydroxyl groups is 1. The van der Waals surface area contributed by atoms with Gasteiger partial charge in [0.25, 0.3) is 0 Å². The van der Waals surface area contributed by atoms with E-state index in [1.807, 2.05) is 18.2 Å². The van der Waals surface area contributed by atoms with E-state index in [9.17, 15) is 5.11 Å². The molecule has 0 spiro atoms. The molecule has 2 unspecified atom stereocenters. The SMILES string of the molecule is OCc1cc(-c2ccc([C@]3(c4ccc(OCc5ccccn5)cc4)CC4CCC3C4)cc2)on1. The van der Waals surface area contributed by atoms with E-state index in [0.29, 0.717) is 24.0 Å². The maximum absolute atomic E-state index is 9.28. The summed E-state index contributed by atoms with van der Waals surface area (Å²) in [5.74, 6) is 3.01. The first-order chi connectivity index (χ1) is 16.7. The minimum Gasteiger partial charge on any atom is -0.487 e. The van der Waals surface area contributed by atoms with E-state index in [-0.39, 0.29) is 12.0 Å². The van der Waals surface area contributed by atoms with Crippen LogP contribution >= 0.6 is 0 Å². The van der Waals surface area contributed by atoms with E-state index in [0.717, 1.165) is 22.9 Å². The Morgan fingerprint density at radius 2 is 1.74 bits per heavy atom. The monoisotopic (exact) mass is 452 g/mol. The topological polar surface area (TPSA) is 68.4 Å². The highest BCUT2D eigenvalue weighted by Crippen LogP contribution is 2.60. The number of aromatic nitrogens is 2. The number of ether oxygens (including phenoxy) is 1. The normalized spacial score (nSPS) is 23.3. The highest BCUT2D eigenvalue weighted by Gasteiger charge is 2.52. The summed E-state index contributed by atoms with van der Waals surface area (Å²) in [7, 11) is 0. The average molecular weight is 453 g/mol. The summed E-state index contributed by atoms with van der Waals surface area (Å²) in [6, 6.07) is 25.1. The van der Waals surface area contributed by atoms with Gasteiger partial charge in [0.05, 0.1) is 12.3 Å². The van der Waals surface area contributed by atoms with Crippen molar-refractivity contribution in [1.82, 2.24) is 10.1 Å². The van der Waals surface area contributed by atoms with E-state index < -0.39 is 0 Å². The van der Waals surface area contributed by atoms with Gasteiger partial charge in [0.1, 0.15) is 18.1 Å². The highest BCUT2D eigenvalue weighted by atomic mass is 16.5. The molecular weight excluding hydrogens is 424 g/mol. The first kappa shape index (κ1) is 21.1. The Labute approximate surface area is 199 Å². The van der Waals surface area contributed by atoms with E-state index in [1.54, 1.807) is 12.3 Å². The fraction of sp³-hybridized carbons (Fsp3) is 0.310. The molecule has 2 aromatic carbocycles. The van der Waals surface area contributed by atoms with E-state index in [2.05, 4.69) is 58.7 Å². The number of rotatable bonds is 7. The number of aliphatic hydroxyl groups excluding tert-OH is 1. The van der Waals surface area contributed by atoms with Crippen LogP contribution in [0.3, 0.4) is 0 Å². The zero-order chi connectivity index (χ0) is 23.0. The molecule has 2 heterocycles. The predicted molar refractivity (Wildman–Crippen MR) is 129 cm³/mol. The van der Waals surface area contributed by atoms with Gasteiger partial charge in [-0.05, 0) is 66.5 Å². The Balaban J connectivity index is 1.28. The maximum Gasteiger partial charge on any atom is 0.167 e. The highest BCUT2D eigenvalue weighted by molar-refractivity contribution is 5.59. The first-order valence-electron chi connectivity index (χ1n) is 12.1. The lowest BCUT2D eigenvalue weighted by molar-refractivity contribution is 0.267. The molecule has 2 bridgehead atoms.